The number of aryl methyl sites for hydroxylation is 1. The molecule has 3 heteroatoms. The SMILES string of the molecule is CCC(C)NC(=O)C=Cc1cc(C)ccc1OC. The highest BCUT2D eigenvalue weighted by molar-refractivity contribution is 5.92. The number of benzene rings is 1. The Labute approximate surface area is 109 Å². The van der Waals surface area contributed by atoms with Gasteiger partial charge in [-0.3, -0.25) is 4.79 Å². The van der Waals surface area contributed by atoms with Crippen molar-refractivity contribution >= 4 is 12.0 Å². The van der Waals surface area contributed by atoms with Crippen molar-refractivity contribution in [2.45, 2.75) is 33.2 Å². The maximum Gasteiger partial charge on any atom is 0.244 e. The molecule has 0 spiro atoms. The second-order valence-corrected chi connectivity index (χ2v) is 4.40. The van der Waals surface area contributed by atoms with Crippen LogP contribution in [0.25, 0.3) is 6.08 Å². The van der Waals surface area contributed by atoms with E-state index in [0.29, 0.717) is 0 Å². The fourth-order valence-electron chi connectivity index (χ4n) is 1.54. The number of nitrogens with one attached hydrogen (secondary N) is 1. The summed E-state index contributed by atoms with van der Waals surface area (Å²) < 4.78 is 5.25. The first-order valence-corrected chi connectivity index (χ1v) is 6.20. The fourth-order valence-corrected chi connectivity index (χ4v) is 1.54. The second kappa shape index (κ2) is 6.84. The second-order valence-electron chi connectivity index (χ2n) is 4.40. The highest BCUT2D eigenvalue weighted by Gasteiger charge is 2.03. The molecule has 0 saturated carbocycles. The largest absolute Gasteiger partial charge is 0.496 e. The molecule has 1 aromatic carbocycles. The molecule has 0 aromatic heterocycles. The summed E-state index contributed by atoms with van der Waals surface area (Å²) in [6.07, 6.45) is 4.25. The molecule has 1 amide bonds. The third-order valence-electron chi connectivity index (χ3n) is 2.80. The normalized spacial score (nSPS) is 12.4. The summed E-state index contributed by atoms with van der Waals surface area (Å²) in [7, 11) is 1.63. The van der Waals surface area contributed by atoms with Crippen molar-refractivity contribution in [2.75, 3.05) is 7.11 Å². The van der Waals surface area contributed by atoms with Gasteiger partial charge in [0.15, 0.2) is 0 Å². The maximum absolute atomic E-state index is 11.6. The average Bonchev–Trinajstić information content (AvgIpc) is 2.36. The van der Waals surface area contributed by atoms with Crippen LogP contribution >= 0.6 is 0 Å². The van der Waals surface area contributed by atoms with Gasteiger partial charge in [0.05, 0.1) is 7.11 Å². The van der Waals surface area contributed by atoms with Crippen molar-refractivity contribution < 1.29 is 9.53 Å². The van der Waals surface area contributed by atoms with Crippen molar-refractivity contribution in [3.8, 4) is 5.75 Å². The van der Waals surface area contributed by atoms with E-state index in [2.05, 4.69) is 5.32 Å². The number of hydrogen-bond donors (Lipinski definition) is 1. The number of carbonyl (C=O) groups is 1. The molecule has 0 aliphatic carbocycles. The van der Waals surface area contributed by atoms with E-state index in [1.54, 1.807) is 19.3 Å². The van der Waals surface area contributed by atoms with Gasteiger partial charge in [-0.25, -0.2) is 0 Å². The molecule has 0 bridgehead atoms. The Morgan fingerprint density at radius 2 is 2.22 bits per heavy atom. The molecule has 1 unspecified atom stereocenters. The highest BCUT2D eigenvalue weighted by Crippen LogP contribution is 2.20. The molecule has 18 heavy (non-hydrogen) atoms. The minimum atomic E-state index is -0.0760. The standard InChI is InChI=1S/C15H21NO2/c1-5-12(3)16-15(17)9-7-13-10-11(2)6-8-14(13)18-4/h6-10,12H,5H2,1-4H3,(H,16,17). The van der Waals surface area contributed by atoms with Gasteiger partial charge in [0, 0.05) is 17.7 Å². The van der Waals surface area contributed by atoms with Crippen LogP contribution in [0.15, 0.2) is 24.3 Å². The Morgan fingerprint density at radius 1 is 1.50 bits per heavy atom. The van der Waals surface area contributed by atoms with E-state index in [4.69, 9.17) is 4.74 Å². The van der Waals surface area contributed by atoms with Gasteiger partial charge in [-0.15, -0.1) is 0 Å². The average molecular weight is 247 g/mol. The van der Waals surface area contributed by atoms with Crippen molar-refractivity contribution in [2.24, 2.45) is 0 Å². The van der Waals surface area contributed by atoms with E-state index in [0.717, 1.165) is 23.3 Å². The van der Waals surface area contributed by atoms with E-state index >= 15 is 0 Å². The highest BCUT2D eigenvalue weighted by atomic mass is 16.5. The monoisotopic (exact) mass is 247 g/mol. The first-order chi connectivity index (χ1) is 8.56. The Kier molecular flexibility index (Phi) is 5.43. The quantitative estimate of drug-likeness (QED) is 0.812. The van der Waals surface area contributed by atoms with Crippen LogP contribution in [0, 0.1) is 6.92 Å². The third kappa shape index (κ3) is 4.24. The zero-order chi connectivity index (χ0) is 13.5. The zero-order valence-electron chi connectivity index (χ0n) is 11.5. The topological polar surface area (TPSA) is 38.3 Å². The minimum absolute atomic E-state index is 0.0760. The number of ether oxygens (including phenoxy) is 1. The molecular weight excluding hydrogens is 226 g/mol. The molecule has 0 heterocycles. The summed E-state index contributed by atoms with van der Waals surface area (Å²) in [5, 5.41) is 2.89. The van der Waals surface area contributed by atoms with E-state index in [1.165, 1.54) is 0 Å². The van der Waals surface area contributed by atoms with E-state index in [1.807, 2.05) is 39.0 Å². The summed E-state index contributed by atoms with van der Waals surface area (Å²) in [6, 6.07) is 6.07. The Hall–Kier alpha value is -1.77. The first-order valence-electron chi connectivity index (χ1n) is 6.20. The van der Waals surface area contributed by atoms with Crippen LogP contribution in [-0.2, 0) is 4.79 Å². The number of amides is 1. The van der Waals surface area contributed by atoms with Crippen molar-refractivity contribution in [1.82, 2.24) is 5.32 Å². The van der Waals surface area contributed by atoms with Crippen LogP contribution in [0.3, 0.4) is 0 Å². The summed E-state index contributed by atoms with van der Waals surface area (Å²) in [5.41, 5.74) is 2.05. The molecule has 0 radical (unpaired) electrons. The van der Waals surface area contributed by atoms with E-state index < -0.39 is 0 Å². The first kappa shape index (κ1) is 14.3. The number of carbonyl (C=O) groups excluding carboxylic acids is 1. The van der Waals surface area contributed by atoms with Crippen LogP contribution in [0.1, 0.15) is 31.4 Å². The molecule has 1 N–H and O–H groups in total. The molecule has 1 aromatic rings. The summed E-state index contributed by atoms with van der Waals surface area (Å²) >= 11 is 0. The zero-order valence-corrected chi connectivity index (χ0v) is 11.5. The molecule has 3 nitrogen and oxygen atoms in total. The predicted molar refractivity (Wildman–Crippen MR) is 74.7 cm³/mol. The lowest BCUT2D eigenvalue weighted by molar-refractivity contribution is -0.117. The van der Waals surface area contributed by atoms with Crippen LogP contribution < -0.4 is 10.1 Å². The third-order valence-corrected chi connectivity index (χ3v) is 2.80. The lowest BCUT2D eigenvalue weighted by Gasteiger charge is -2.09. The number of methoxy groups -OCH3 is 1. The van der Waals surface area contributed by atoms with Gasteiger partial charge in [-0.2, -0.15) is 0 Å². The smallest absolute Gasteiger partial charge is 0.244 e. The summed E-state index contributed by atoms with van der Waals surface area (Å²) in [4.78, 5) is 11.6. The van der Waals surface area contributed by atoms with Crippen LogP contribution in [0.4, 0.5) is 0 Å². The fraction of sp³-hybridized carbons (Fsp3) is 0.400. The predicted octanol–water partition coefficient (Wildman–Crippen LogP) is 2.93. The van der Waals surface area contributed by atoms with Gasteiger partial charge in [0.2, 0.25) is 5.91 Å². The Bertz CT molecular complexity index is 438. The lowest BCUT2D eigenvalue weighted by atomic mass is 10.1. The molecule has 0 aliphatic rings. The van der Waals surface area contributed by atoms with Crippen molar-refractivity contribution in [1.29, 1.82) is 0 Å². The van der Waals surface area contributed by atoms with Gasteiger partial charge in [0.25, 0.3) is 0 Å². The van der Waals surface area contributed by atoms with Gasteiger partial charge in [0.1, 0.15) is 5.75 Å². The van der Waals surface area contributed by atoms with Gasteiger partial charge in [-0.05, 0) is 38.5 Å². The lowest BCUT2D eigenvalue weighted by Crippen LogP contribution is -2.30. The van der Waals surface area contributed by atoms with E-state index in [9.17, 15) is 4.79 Å². The molecular formula is C15H21NO2. The molecule has 0 saturated heterocycles. The minimum Gasteiger partial charge on any atom is -0.496 e. The van der Waals surface area contributed by atoms with Gasteiger partial charge in [-0.1, -0.05) is 18.6 Å². The van der Waals surface area contributed by atoms with E-state index in [-0.39, 0.29) is 11.9 Å². The van der Waals surface area contributed by atoms with Gasteiger partial charge >= 0.3 is 0 Å². The molecule has 1 rings (SSSR count). The van der Waals surface area contributed by atoms with Crippen LogP contribution in [0.5, 0.6) is 5.75 Å². The molecule has 98 valence electrons. The van der Waals surface area contributed by atoms with Crippen molar-refractivity contribution in [3.63, 3.8) is 0 Å². The summed E-state index contributed by atoms with van der Waals surface area (Å²) in [5.74, 6) is 0.695. The molecule has 0 fully saturated rings. The number of rotatable bonds is 5. The molecule has 0 aliphatic heterocycles. The molecule has 1 atom stereocenters. The van der Waals surface area contributed by atoms with Gasteiger partial charge < -0.3 is 10.1 Å². The van der Waals surface area contributed by atoms with Crippen LogP contribution in [0.2, 0.25) is 0 Å². The van der Waals surface area contributed by atoms with Crippen LogP contribution in [-0.4, -0.2) is 19.1 Å². The Morgan fingerprint density at radius 3 is 2.83 bits per heavy atom. The van der Waals surface area contributed by atoms with Crippen molar-refractivity contribution in [3.05, 3.63) is 35.4 Å². The number of hydrogen-bond acceptors (Lipinski definition) is 2. The Balaban J connectivity index is 2.77. The summed E-state index contributed by atoms with van der Waals surface area (Å²) in [6.45, 7) is 6.03. The maximum atomic E-state index is 11.6.